The molecule has 5 nitrogen and oxygen atoms in total. The van der Waals surface area contributed by atoms with Crippen molar-refractivity contribution >= 4 is 44.1 Å². The molecule has 0 unspecified atom stereocenters. The number of aryl methyl sites for hydroxylation is 1. The molecule has 4 aromatic rings. The van der Waals surface area contributed by atoms with Crippen LogP contribution in [0.4, 0.5) is 0 Å². The molecule has 2 aromatic heterocycles. The van der Waals surface area contributed by atoms with Crippen molar-refractivity contribution in [2.45, 2.75) is 12.3 Å². The molecular weight excluding hydrogens is 394 g/mol. The monoisotopic (exact) mass is 417 g/mol. The number of thiophene rings is 1. The molecule has 5 rings (SSSR count). The van der Waals surface area contributed by atoms with Crippen LogP contribution in [0.2, 0.25) is 0 Å². The van der Waals surface area contributed by atoms with Crippen molar-refractivity contribution in [3.63, 3.8) is 0 Å². The smallest absolute Gasteiger partial charge is 0.261 e. The van der Waals surface area contributed by atoms with Crippen molar-refractivity contribution in [1.29, 1.82) is 0 Å². The van der Waals surface area contributed by atoms with Gasteiger partial charge >= 0.3 is 0 Å². The van der Waals surface area contributed by atoms with Crippen molar-refractivity contribution in [2.75, 3.05) is 20.1 Å². The van der Waals surface area contributed by atoms with E-state index in [2.05, 4.69) is 17.4 Å². The van der Waals surface area contributed by atoms with Gasteiger partial charge in [-0.05, 0) is 29.5 Å². The first-order chi connectivity index (χ1) is 14.6. The molecular formula is C24H23N3O2S. The van der Waals surface area contributed by atoms with E-state index in [9.17, 15) is 9.59 Å². The number of amides is 2. The van der Waals surface area contributed by atoms with Crippen molar-refractivity contribution < 1.29 is 9.59 Å². The average molecular weight is 418 g/mol. The summed E-state index contributed by atoms with van der Waals surface area (Å²) in [7, 11) is 3.64. The molecule has 0 saturated carbocycles. The van der Waals surface area contributed by atoms with Gasteiger partial charge in [-0.2, -0.15) is 0 Å². The standard InChI is InChI=1S/C24H23N3O2S/c1-25-23(28)22-21(17-8-4-6-10-20(17)30-22)15-11-12-27(13-15)24(29)18-14-26(2)19-9-5-3-7-16(18)19/h3-10,14-15H,11-13H2,1-2H3,(H,25,28)/t15-/m0/s1. The summed E-state index contributed by atoms with van der Waals surface area (Å²) in [4.78, 5) is 28.6. The minimum absolute atomic E-state index is 0.0509. The highest BCUT2D eigenvalue weighted by atomic mass is 32.1. The number of nitrogens with one attached hydrogen (secondary N) is 1. The van der Waals surface area contributed by atoms with E-state index in [0.717, 1.165) is 43.4 Å². The maximum absolute atomic E-state index is 13.4. The van der Waals surface area contributed by atoms with Gasteiger partial charge < -0.3 is 14.8 Å². The zero-order valence-corrected chi connectivity index (χ0v) is 17.8. The van der Waals surface area contributed by atoms with Gasteiger partial charge in [-0.1, -0.05) is 36.4 Å². The number of hydrogen-bond acceptors (Lipinski definition) is 3. The molecule has 1 saturated heterocycles. The van der Waals surface area contributed by atoms with Crippen LogP contribution in [0, 0.1) is 0 Å². The lowest BCUT2D eigenvalue weighted by atomic mass is 9.95. The third-order valence-corrected chi connectivity index (χ3v) is 7.26. The van der Waals surface area contributed by atoms with Gasteiger partial charge in [0, 0.05) is 54.9 Å². The van der Waals surface area contributed by atoms with E-state index in [1.54, 1.807) is 7.05 Å². The summed E-state index contributed by atoms with van der Waals surface area (Å²) in [5.74, 6) is 0.174. The summed E-state index contributed by atoms with van der Waals surface area (Å²) in [5.41, 5.74) is 2.89. The lowest BCUT2D eigenvalue weighted by molar-refractivity contribution is 0.0792. The van der Waals surface area contributed by atoms with Gasteiger partial charge in [-0.3, -0.25) is 9.59 Å². The molecule has 2 aromatic carbocycles. The molecule has 0 spiro atoms. The number of benzene rings is 2. The third kappa shape index (κ3) is 2.91. The predicted molar refractivity (Wildman–Crippen MR) is 121 cm³/mol. The van der Waals surface area contributed by atoms with E-state index in [-0.39, 0.29) is 17.7 Å². The Morgan fingerprint density at radius 1 is 1.07 bits per heavy atom. The molecule has 0 bridgehead atoms. The number of carbonyl (C=O) groups is 2. The highest BCUT2D eigenvalue weighted by Gasteiger charge is 2.33. The summed E-state index contributed by atoms with van der Waals surface area (Å²) in [6, 6.07) is 16.2. The van der Waals surface area contributed by atoms with Crippen LogP contribution in [0.15, 0.2) is 54.7 Å². The average Bonchev–Trinajstić information content (AvgIpc) is 3.48. The van der Waals surface area contributed by atoms with Gasteiger partial charge in [0.15, 0.2) is 0 Å². The van der Waals surface area contributed by atoms with E-state index < -0.39 is 0 Å². The Morgan fingerprint density at radius 3 is 2.60 bits per heavy atom. The topological polar surface area (TPSA) is 54.3 Å². The molecule has 1 aliphatic heterocycles. The van der Waals surface area contributed by atoms with E-state index in [0.29, 0.717) is 13.1 Å². The predicted octanol–water partition coefficient (Wildman–Crippen LogP) is 4.38. The van der Waals surface area contributed by atoms with Gasteiger partial charge in [-0.25, -0.2) is 0 Å². The van der Waals surface area contributed by atoms with Crippen molar-refractivity contribution in [2.24, 2.45) is 7.05 Å². The van der Waals surface area contributed by atoms with Crippen LogP contribution in [-0.2, 0) is 7.05 Å². The Morgan fingerprint density at radius 2 is 1.80 bits per heavy atom. The van der Waals surface area contributed by atoms with Gasteiger partial charge in [0.1, 0.15) is 0 Å². The number of rotatable bonds is 3. The first kappa shape index (κ1) is 18.9. The number of fused-ring (bicyclic) bond motifs is 2. The van der Waals surface area contributed by atoms with Crippen LogP contribution < -0.4 is 5.32 Å². The Bertz CT molecular complexity index is 1290. The van der Waals surface area contributed by atoms with Crippen molar-refractivity contribution in [1.82, 2.24) is 14.8 Å². The molecule has 1 aliphatic rings. The van der Waals surface area contributed by atoms with E-state index in [1.165, 1.54) is 11.3 Å². The molecule has 6 heteroatoms. The fourth-order valence-corrected chi connectivity index (χ4v) is 5.85. The molecule has 3 heterocycles. The van der Waals surface area contributed by atoms with Crippen LogP contribution >= 0.6 is 11.3 Å². The number of hydrogen-bond donors (Lipinski definition) is 1. The van der Waals surface area contributed by atoms with Crippen LogP contribution in [0.25, 0.3) is 21.0 Å². The SMILES string of the molecule is CNC(=O)c1sc2ccccc2c1[C@H]1CCN(C(=O)c2cn(C)c3ccccc23)C1. The third-order valence-electron chi connectivity index (χ3n) is 6.08. The van der Waals surface area contributed by atoms with Crippen LogP contribution in [0.1, 0.15) is 37.9 Å². The summed E-state index contributed by atoms with van der Waals surface area (Å²) in [6.07, 6.45) is 2.79. The zero-order valence-electron chi connectivity index (χ0n) is 17.0. The molecule has 1 atom stereocenters. The highest BCUT2D eigenvalue weighted by molar-refractivity contribution is 7.21. The molecule has 1 fully saturated rings. The lowest BCUT2D eigenvalue weighted by Crippen LogP contribution is -2.28. The van der Waals surface area contributed by atoms with Crippen LogP contribution in [0.5, 0.6) is 0 Å². The molecule has 0 aliphatic carbocycles. The van der Waals surface area contributed by atoms with Crippen molar-refractivity contribution in [3.8, 4) is 0 Å². The van der Waals surface area contributed by atoms with Gasteiger partial charge in [-0.15, -0.1) is 11.3 Å². The molecule has 152 valence electrons. The van der Waals surface area contributed by atoms with E-state index in [1.807, 2.05) is 59.1 Å². The normalized spacial score (nSPS) is 16.5. The Balaban J connectivity index is 1.49. The van der Waals surface area contributed by atoms with Gasteiger partial charge in [0.05, 0.1) is 10.4 Å². The number of likely N-dealkylation sites (tertiary alicyclic amines) is 1. The summed E-state index contributed by atoms with van der Waals surface area (Å²) >= 11 is 1.54. The zero-order chi connectivity index (χ0) is 20.8. The summed E-state index contributed by atoms with van der Waals surface area (Å²) in [6.45, 7) is 1.33. The molecule has 1 N–H and O–H groups in total. The number of para-hydroxylation sites is 1. The maximum Gasteiger partial charge on any atom is 0.261 e. The fraction of sp³-hybridized carbons (Fsp3) is 0.250. The second-order valence-corrected chi connectivity index (χ2v) is 8.88. The van der Waals surface area contributed by atoms with Crippen LogP contribution in [-0.4, -0.2) is 41.4 Å². The number of nitrogens with zero attached hydrogens (tertiary/aromatic N) is 2. The van der Waals surface area contributed by atoms with Crippen LogP contribution in [0.3, 0.4) is 0 Å². The Labute approximate surface area is 178 Å². The highest BCUT2D eigenvalue weighted by Crippen LogP contribution is 2.40. The minimum atomic E-state index is -0.0509. The second-order valence-electron chi connectivity index (χ2n) is 7.83. The Kier molecular flexibility index (Phi) is 4.59. The molecule has 30 heavy (non-hydrogen) atoms. The van der Waals surface area contributed by atoms with Crippen molar-refractivity contribution in [3.05, 3.63) is 70.7 Å². The number of aromatic nitrogens is 1. The first-order valence-electron chi connectivity index (χ1n) is 10.2. The fourth-order valence-electron chi connectivity index (χ4n) is 4.62. The Hall–Kier alpha value is -3.12. The van der Waals surface area contributed by atoms with E-state index in [4.69, 9.17) is 0 Å². The molecule has 2 amide bonds. The lowest BCUT2D eigenvalue weighted by Gasteiger charge is -2.17. The number of carbonyl (C=O) groups excluding carboxylic acids is 2. The quantitative estimate of drug-likeness (QED) is 0.538. The van der Waals surface area contributed by atoms with E-state index >= 15 is 0 Å². The second kappa shape index (κ2) is 7.29. The maximum atomic E-state index is 13.4. The van der Waals surface area contributed by atoms with Gasteiger partial charge in [0.25, 0.3) is 11.8 Å². The molecule has 0 radical (unpaired) electrons. The van der Waals surface area contributed by atoms with Gasteiger partial charge in [0.2, 0.25) is 0 Å². The summed E-state index contributed by atoms with van der Waals surface area (Å²) in [5, 5.41) is 4.89. The first-order valence-corrected chi connectivity index (χ1v) is 11.0. The largest absolute Gasteiger partial charge is 0.354 e. The minimum Gasteiger partial charge on any atom is -0.354 e. The summed E-state index contributed by atoms with van der Waals surface area (Å²) < 4.78 is 3.12.